The molecule has 4 nitrogen and oxygen atoms in total. The van der Waals surface area contributed by atoms with E-state index in [9.17, 15) is 0 Å². The molecule has 0 saturated carbocycles. The van der Waals surface area contributed by atoms with Gasteiger partial charge in [0.25, 0.3) is 0 Å². The molecule has 0 fully saturated rings. The molecule has 1 N–H and O–H groups in total. The molecule has 1 heterocycles. The van der Waals surface area contributed by atoms with Crippen LogP contribution in [0.5, 0.6) is 0 Å². The summed E-state index contributed by atoms with van der Waals surface area (Å²) in [4.78, 5) is 11.0. The second-order valence-corrected chi connectivity index (χ2v) is 5.02. The zero-order valence-electron chi connectivity index (χ0n) is 13.1. The highest BCUT2D eigenvalue weighted by Crippen LogP contribution is 2.00. The number of aromatic nitrogens is 1. The van der Waals surface area contributed by atoms with Gasteiger partial charge in [0.1, 0.15) is 0 Å². The van der Waals surface area contributed by atoms with Crippen molar-refractivity contribution < 1.29 is 0 Å². The van der Waals surface area contributed by atoms with E-state index in [2.05, 4.69) is 27.4 Å². The van der Waals surface area contributed by atoms with E-state index in [-0.39, 0.29) is 24.0 Å². The number of benzene rings is 1. The lowest BCUT2D eigenvalue weighted by molar-refractivity contribution is 0.578. The summed E-state index contributed by atoms with van der Waals surface area (Å²) in [6.45, 7) is 1.51. The second-order valence-electron chi connectivity index (χ2n) is 5.02. The Bertz CT molecular complexity index is 555. The first kappa shape index (κ1) is 18.4. The van der Waals surface area contributed by atoms with Gasteiger partial charge in [-0.2, -0.15) is 0 Å². The van der Waals surface area contributed by atoms with Gasteiger partial charge in [-0.05, 0) is 17.7 Å². The molecule has 0 atom stereocenters. The van der Waals surface area contributed by atoms with E-state index in [4.69, 9.17) is 0 Å². The summed E-state index contributed by atoms with van der Waals surface area (Å²) in [5, 5.41) is 3.37. The summed E-state index contributed by atoms with van der Waals surface area (Å²) in [5.74, 6) is 0.898. The maximum Gasteiger partial charge on any atom is 0.193 e. The molecular weight excluding hydrogens is 387 g/mol. The van der Waals surface area contributed by atoms with Crippen LogP contribution in [0.15, 0.2) is 59.7 Å². The number of aliphatic imine (C=N–C) groups is 1. The molecule has 0 saturated heterocycles. The first-order chi connectivity index (χ1) is 10.3. The van der Waals surface area contributed by atoms with Gasteiger partial charge in [-0.25, -0.2) is 4.99 Å². The number of halogens is 1. The molecule has 1 aromatic carbocycles. The normalized spacial score (nSPS) is 10.7. The average Bonchev–Trinajstić information content (AvgIpc) is 2.52. The Labute approximate surface area is 149 Å². The van der Waals surface area contributed by atoms with Gasteiger partial charge in [-0.15, -0.1) is 24.0 Å². The third kappa shape index (κ3) is 6.43. The lowest BCUT2D eigenvalue weighted by Gasteiger charge is -2.17. The molecule has 0 amide bonds. The zero-order chi connectivity index (χ0) is 14.9. The van der Waals surface area contributed by atoms with E-state index >= 15 is 0 Å². The topological polar surface area (TPSA) is 40.5 Å². The fraction of sp³-hybridized carbons (Fsp3) is 0.294. The van der Waals surface area contributed by atoms with Crippen molar-refractivity contribution in [3.63, 3.8) is 0 Å². The molecule has 0 aliphatic heterocycles. The number of nitrogens with zero attached hydrogens (tertiary/aromatic N) is 3. The third-order valence-electron chi connectivity index (χ3n) is 3.07. The molecule has 0 radical (unpaired) electrons. The maximum absolute atomic E-state index is 4.64. The van der Waals surface area contributed by atoms with E-state index < -0.39 is 0 Å². The fourth-order valence-electron chi connectivity index (χ4n) is 1.95. The van der Waals surface area contributed by atoms with Gasteiger partial charge in [0.05, 0.1) is 6.54 Å². The minimum Gasteiger partial charge on any atom is -0.356 e. The van der Waals surface area contributed by atoms with Crippen molar-refractivity contribution in [2.45, 2.75) is 13.0 Å². The van der Waals surface area contributed by atoms with Crippen molar-refractivity contribution in [1.82, 2.24) is 15.2 Å². The molecule has 118 valence electrons. The molecule has 22 heavy (non-hydrogen) atoms. The third-order valence-corrected chi connectivity index (χ3v) is 3.07. The van der Waals surface area contributed by atoms with Gasteiger partial charge < -0.3 is 10.2 Å². The van der Waals surface area contributed by atoms with Crippen LogP contribution < -0.4 is 5.32 Å². The summed E-state index contributed by atoms with van der Waals surface area (Å²) in [5.41, 5.74) is 2.30. The quantitative estimate of drug-likeness (QED) is 0.468. The lowest BCUT2D eigenvalue weighted by atomic mass is 10.2. The Balaban J connectivity index is 0.00000242. The van der Waals surface area contributed by atoms with Crippen LogP contribution in [0.1, 0.15) is 11.3 Å². The van der Waals surface area contributed by atoms with Crippen LogP contribution in [0, 0.1) is 0 Å². The Morgan fingerprint density at radius 3 is 2.45 bits per heavy atom. The standard InChI is InChI=1S/C17H22N4.HI/c1-21(2)17(20-14-15-8-4-3-5-9-15)19-13-11-16-10-6-7-12-18-16;/h3-10,12H,11,13-14H2,1-2H3,(H,19,20);1H. The Kier molecular flexibility index (Phi) is 8.50. The van der Waals surface area contributed by atoms with Crippen molar-refractivity contribution in [3.05, 3.63) is 66.0 Å². The van der Waals surface area contributed by atoms with Gasteiger partial charge in [0.15, 0.2) is 5.96 Å². The Hall–Kier alpha value is -1.63. The zero-order valence-corrected chi connectivity index (χ0v) is 15.4. The van der Waals surface area contributed by atoms with E-state index in [1.54, 1.807) is 0 Å². The van der Waals surface area contributed by atoms with E-state index in [1.807, 2.05) is 61.6 Å². The predicted octanol–water partition coefficient (Wildman–Crippen LogP) is 2.95. The molecule has 2 rings (SSSR count). The number of rotatable bonds is 5. The highest BCUT2D eigenvalue weighted by Gasteiger charge is 2.01. The van der Waals surface area contributed by atoms with Crippen LogP contribution in [0.25, 0.3) is 0 Å². The highest BCUT2D eigenvalue weighted by atomic mass is 127. The monoisotopic (exact) mass is 410 g/mol. The average molecular weight is 410 g/mol. The first-order valence-corrected chi connectivity index (χ1v) is 7.15. The molecule has 0 unspecified atom stereocenters. The number of hydrogen-bond acceptors (Lipinski definition) is 2. The summed E-state index contributed by atoms with van der Waals surface area (Å²) in [6.07, 6.45) is 2.71. The lowest BCUT2D eigenvalue weighted by Crippen LogP contribution is -2.37. The summed E-state index contributed by atoms with van der Waals surface area (Å²) in [7, 11) is 4.00. The van der Waals surface area contributed by atoms with Crippen LogP contribution in [0.2, 0.25) is 0 Å². The summed E-state index contributed by atoms with van der Waals surface area (Å²) in [6, 6.07) is 16.3. The number of hydrogen-bond donors (Lipinski definition) is 1. The number of guanidine groups is 1. The molecule has 2 aromatic rings. The molecule has 0 spiro atoms. The van der Waals surface area contributed by atoms with Crippen molar-refractivity contribution in [1.29, 1.82) is 0 Å². The largest absolute Gasteiger partial charge is 0.356 e. The van der Waals surface area contributed by atoms with Crippen molar-refractivity contribution in [2.24, 2.45) is 4.99 Å². The smallest absolute Gasteiger partial charge is 0.193 e. The Morgan fingerprint density at radius 1 is 1.09 bits per heavy atom. The minimum absolute atomic E-state index is 0. The van der Waals surface area contributed by atoms with Gasteiger partial charge in [0, 0.05) is 39.0 Å². The summed E-state index contributed by atoms with van der Waals surface area (Å²) >= 11 is 0. The van der Waals surface area contributed by atoms with Crippen molar-refractivity contribution in [2.75, 3.05) is 20.6 Å². The molecule has 5 heteroatoms. The number of nitrogens with one attached hydrogen (secondary N) is 1. The van der Waals surface area contributed by atoms with Crippen LogP contribution >= 0.6 is 24.0 Å². The van der Waals surface area contributed by atoms with Crippen molar-refractivity contribution in [3.8, 4) is 0 Å². The van der Waals surface area contributed by atoms with Crippen LogP contribution in [0.4, 0.5) is 0 Å². The van der Waals surface area contributed by atoms with Gasteiger partial charge >= 0.3 is 0 Å². The SMILES string of the molecule is CN(C)C(=NCc1ccccc1)NCCc1ccccn1.I. The highest BCUT2D eigenvalue weighted by molar-refractivity contribution is 14.0. The van der Waals surface area contributed by atoms with E-state index in [0.717, 1.165) is 24.6 Å². The minimum atomic E-state index is 0. The molecule has 0 aliphatic rings. The maximum atomic E-state index is 4.64. The van der Waals surface area contributed by atoms with E-state index in [0.29, 0.717) is 6.54 Å². The van der Waals surface area contributed by atoms with Crippen LogP contribution in [0.3, 0.4) is 0 Å². The molecule has 1 aromatic heterocycles. The Morgan fingerprint density at radius 2 is 1.82 bits per heavy atom. The van der Waals surface area contributed by atoms with Crippen LogP contribution in [-0.2, 0) is 13.0 Å². The van der Waals surface area contributed by atoms with Crippen LogP contribution in [-0.4, -0.2) is 36.5 Å². The second kappa shape index (κ2) is 10.2. The fourth-order valence-corrected chi connectivity index (χ4v) is 1.95. The van der Waals surface area contributed by atoms with Gasteiger partial charge in [-0.1, -0.05) is 36.4 Å². The molecule has 0 bridgehead atoms. The van der Waals surface area contributed by atoms with E-state index in [1.165, 1.54) is 5.56 Å². The van der Waals surface area contributed by atoms with Crippen molar-refractivity contribution >= 4 is 29.9 Å². The molecule has 0 aliphatic carbocycles. The van der Waals surface area contributed by atoms with Gasteiger partial charge in [0.2, 0.25) is 0 Å². The number of pyridine rings is 1. The molecular formula is C17H23IN4. The predicted molar refractivity (Wildman–Crippen MR) is 103 cm³/mol. The first-order valence-electron chi connectivity index (χ1n) is 7.15. The van der Waals surface area contributed by atoms with Gasteiger partial charge in [-0.3, -0.25) is 4.98 Å². The summed E-state index contributed by atoms with van der Waals surface area (Å²) < 4.78 is 0.